The average molecular weight is 480 g/mol. The highest BCUT2D eigenvalue weighted by Crippen LogP contribution is 2.31. The fraction of sp³-hybridized carbons (Fsp3) is 0.364. The van der Waals surface area contributed by atoms with Crippen LogP contribution in [0.25, 0.3) is 0 Å². The highest BCUT2D eigenvalue weighted by Gasteiger charge is 2.32. The summed E-state index contributed by atoms with van der Waals surface area (Å²) in [6, 6.07) is 11.7. The monoisotopic (exact) mass is 479 g/mol. The molecule has 3 rings (SSSR count). The lowest BCUT2D eigenvalue weighted by Crippen LogP contribution is -2.45. The molecule has 0 bridgehead atoms. The number of fused-ring (bicyclic) bond motifs is 1. The molecule has 32 heavy (non-hydrogen) atoms. The van der Waals surface area contributed by atoms with Crippen LogP contribution in [-0.4, -0.2) is 43.4 Å². The maximum Gasteiger partial charge on any atom is 0.424 e. The van der Waals surface area contributed by atoms with Crippen molar-refractivity contribution < 1.29 is 22.7 Å². The Bertz CT molecular complexity index is 1160. The zero-order valence-electron chi connectivity index (χ0n) is 18.5. The van der Waals surface area contributed by atoms with Crippen molar-refractivity contribution in [2.45, 2.75) is 50.7 Å². The Labute approximate surface area is 193 Å². The summed E-state index contributed by atoms with van der Waals surface area (Å²) in [7, 11) is -3.27. The van der Waals surface area contributed by atoms with Crippen molar-refractivity contribution in [1.29, 1.82) is 0 Å². The molecule has 8 nitrogen and oxygen atoms in total. The predicted molar refractivity (Wildman–Crippen MR) is 122 cm³/mol. The Morgan fingerprint density at radius 1 is 1.19 bits per heavy atom. The van der Waals surface area contributed by atoms with Crippen LogP contribution in [0.4, 0.5) is 10.5 Å². The molecule has 1 unspecified atom stereocenters. The van der Waals surface area contributed by atoms with E-state index in [1.165, 1.54) is 12.1 Å². The lowest BCUT2D eigenvalue weighted by Gasteiger charge is -2.26. The quantitative estimate of drug-likeness (QED) is 0.712. The van der Waals surface area contributed by atoms with E-state index < -0.39 is 27.6 Å². The molecule has 1 N–H and O–H groups in total. The van der Waals surface area contributed by atoms with E-state index in [2.05, 4.69) is 5.43 Å². The van der Waals surface area contributed by atoms with Crippen LogP contribution in [0.5, 0.6) is 0 Å². The van der Waals surface area contributed by atoms with Crippen LogP contribution in [0.3, 0.4) is 0 Å². The smallest absolute Gasteiger partial charge is 0.424 e. The van der Waals surface area contributed by atoms with Gasteiger partial charge in [-0.3, -0.25) is 15.2 Å². The second-order valence-corrected chi connectivity index (χ2v) is 10.9. The molecule has 2 aromatic carbocycles. The fourth-order valence-corrected chi connectivity index (χ4v) is 4.85. The van der Waals surface area contributed by atoms with Crippen molar-refractivity contribution >= 4 is 39.3 Å². The summed E-state index contributed by atoms with van der Waals surface area (Å²) < 4.78 is 31.6. The summed E-state index contributed by atoms with van der Waals surface area (Å²) in [6.07, 6.45) is -0.275. The van der Waals surface area contributed by atoms with Crippen molar-refractivity contribution in [3.8, 4) is 0 Å². The lowest BCUT2D eigenvalue weighted by atomic mass is 10.1. The molecular formula is C22H26ClN3O5S. The maximum absolute atomic E-state index is 13.0. The molecular weight excluding hydrogens is 454 g/mol. The van der Waals surface area contributed by atoms with Crippen LogP contribution >= 0.6 is 11.6 Å². The predicted octanol–water partition coefficient (Wildman–Crippen LogP) is 3.99. The number of nitrogens with one attached hydrogen (secondary N) is 1. The number of hydrazine groups is 1. The van der Waals surface area contributed by atoms with E-state index in [1.807, 2.05) is 31.2 Å². The van der Waals surface area contributed by atoms with Crippen molar-refractivity contribution in [3.63, 3.8) is 0 Å². The van der Waals surface area contributed by atoms with E-state index in [9.17, 15) is 18.0 Å². The highest BCUT2D eigenvalue weighted by molar-refractivity contribution is 7.89. The molecule has 0 radical (unpaired) electrons. The summed E-state index contributed by atoms with van der Waals surface area (Å²) in [5, 5.41) is 1.64. The standard InChI is InChI=1S/C22H26ClN3O5S/c1-14-12-15-8-6-7-9-18(15)26(14)24-20(27)16-10-11-17(23)19(13-16)32(29,30)25(5)21(28)31-22(2,3)4/h6-11,13-14H,12H2,1-5H3,(H,24,27). The van der Waals surface area contributed by atoms with Gasteiger partial charge in [-0.15, -0.1) is 0 Å². The first-order valence-corrected chi connectivity index (χ1v) is 11.8. The van der Waals surface area contributed by atoms with Crippen molar-refractivity contribution in [2.75, 3.05) is 12.1 Å². The third-order valence-corrected chi connectivity index (χ3v) is 7.12. The number of carbonyl (C=O) groups is 2. The van der Waals surface area contributed by atoms with Gasteiger partial charge in [-0.05, 0) is 63.9 Å². The van der Waals surface area contributed by atoms with Crippen molar-refractivity contribution in [3.05, 3.63) is 58.6 Å². The van der Waals surface area contributed by atoms with Gasteiger partial charge in [-0.25, -0.2) is 17.5 Å². The van der Waals surface area contributed by atoms with E-state index in [4.69, 9.17) is 16.3 Å². The van der Waals surface area contributed by atoms with Gasteiger partial charge in [-0.2, -0.15) is 0 Å². The molecule has 0 aromatic heterocycles. The normalized spacial score (nSPS) is 15.8. The summed E-state index contributed by atoms with van der Waals surface area (Å²) >= 11 is 6.13. The largest absolute Gasteiger partial charge is 0.443 e. The van der Waals surface area contributed by atoms with Crippen LogP contribution in [0.1, 0.15) is 43.6 Å². The maximum atomic E-state index is 13.0. The SMILES string of the molecule is CC1Cc2ccccc2N1NC(=O)c1ccc(Cl)c(S(=O)(=O)N(C)C(=O)OC(C)(C)C)c1. The molecule has 172 valence electrons. The number of para-hydroxylation sites is 1. The molecule has 1 heterocycles. The number of halogens is 1. The van der Waals surface area contributed by atoms with E-state index in [0.29, 0.717) is 4.31 Å². The molecule has 0 fully saturated rings. The highest BCUT2D eigenvalue weighted by atomic mass is 35.5. The van der Waals surface area contributed by atoms with Crippen molar-refractivity contribution in [2.24, 2.45) is 0 Å². The van der Waals surface area contributed by atoms with Gasteiger partial charge in [-0.1, -0.05) is 29.8 Å². The van der Waals surface area contributed by atoms with E-state index in [1.54, 1.807) is 25.8 Å². The minimum atomic E-state index is -4.35. The molecule has 2 amide bonds. The molecule has 0 spiro atoms. The number of hydrogen-bond acceptors (Lipinski definition) is 6. The van der Waals surface area contributed by atoms with E-state index in [-0.39, 0.29) is 21.5 Å². The third-order valence-electron chi connectivity index (χ3n) is 4.91. The van der Waals surface area contributed by atoms with Gasteiger partial charge in [0.15, 0.2) is 0 Å². The molecule has 1 aliphatic rings. The first-order chi connectivity index (χ1) is 14.8. The molecule has 10 heteroatoms. The zero-order valence-corrected chi connectivity index (χ0v) is 20.1. The van der Waals surface area contributed by atoms with Gasteiger partial charge in [0.2, 0.25) is 0 Å². The number of hydrogen-bond donors (Lipinski definition) is 1. The van der Waals surface area contributed by atoms with Crippen LogP contribution in [0.15, 0.2) is 47.4 Å². The molecule has 1 atom stereocenters. The number of carbonyl (C=O) groups excluding carboxylic acids is 2. The van der Waals surface area contributed by atoms with Crippen LogP contribution in [0.2, 0.25) is 5.02 Å². The van der Waals surface area contributed by atoms with Crippen LogP contribution in [-0.2, 0) is 21.2 Å². The molecule has 2 aromatic rings. The average Bonchev–Trinajstić information content (AvgIpc) is 3.01. The Kier molecular flexibility index (Phi) is 6.44. The second kappa shape index (κ2) is 8.63. The Morgan fingerprint density at radius 3 is 2.50 bits per heavy atom. The van der Waals surface area contributed by atoms with Gasteiger partial charge in [0, 0.05) is 12.6 Å². The number of anilines is 1. The first kappa shape index (κ1) is 23.9. The van der Waals surface area contributed by atoms with E-state index >= 15 is 0 Å². The summed E-state index contributed by atoms with van der Waals surface area (Å²) in [5.41, 5.74) is 4.04. The summed E-state index contributed by atoms with van der Waals surface area (Å²) in [4.78, 5) is 24.9. The Morgan fingerprint density at radius 2 is 1.84 bits per heavy atom. The number of benzene rings is 2. The molecule has 0 aliphatic carbocycles. The topological polar surface area (TPSA) is 96.0 Å². The third kappa shape index (κ3) is 4.83. The van der Waals surface area contributed by atoms with Gasteiger partial charge < -0.3 is 4.74 Å². The van der Waals surface area contributed by atoms with Gasteiger partial charge in [0.05, 0.1) is 16.8 Å². The first-order valence-electron chi connectivity index (χ1n) is 10.0. The van der Waals surface area contributed by atoms with Crippen LogP contribution < -0.4 is 10.4 Å². The molecule has 0 saturated heterocycles. The number of nitrogens with zero attached hydrogens (tertiary/aromatic N) is 2. The number of ether oxygens (including phenoxy) is 1. The Balaban J connectivity index is 1.87. The minimum absolute atomic E-state index is 0.0326. The number of amides is 2. The second-order valence-electron chi connectivity index (χ2n) is 8.59. The minimum Gasteiger partial charge on any atom is -0.443 e. The van der Waals surface area contributed by atoms with Crippen LogP contribution in [0, 0.1) is 0 Å². The van der Waals surface area contributed by atoms with Crippen molar-refractivity contribution in [1.82, 2.24) is 9.73 Å². The van der Waals surface area contributed by atoms with Gasteiger partial charge in [0.25, 0.3) is 15.9 Å². The summed E-state index contributed by atoms with van der Waals surface area (Å²) in [5.74, 6) is -0.499. The number of rotatable bonds is 4. The summed E-state index contributed by atoms with van der Waals surface area (Å²) in [6.45, 7) is 6.86. The fourth-order valence-electron chi connectivity index (χ4n) is 3.32. The molecule has 0 saturated carbocycles. The zero-order chi connectivity index (χ0) is 23.8. The Hall–Kier alpha value is -2.78. The molecule has 1 aliphatic heterocycles. The van der Waals surface area contributed by atoms with Gasteiger partial charge >= 0.3 is 6.09 Å². The van der Waals surface area contributed by atoms with Gasteiger partial charge in [0.1, 0.15) is 10.5 Å². The number of sulfonamides is 1. The lowest BCUT2D eigenvalue weighted by molar-refractivity contribution is 0.0420. The van der Waals surface area contributed by atoms with E-state index in [0.717, 1.165) is 30.8 Å².